The van der Waals surface area contributed by atoms with Crippen molar-refractivity contribution in [3.8, 4) is 0 Å². The molecule has 1 aromatic heterocycles. The molecule has 0 aliphatic carbocycles. The molecule has 1 heterocycles. The first-order valence-corrected chi connectivity index (χ1v) is 8.98. The van der Waals surface area contributed by atoms with Crippen molar-refractivity contribution in [2.45, 2.75) is 38.6 Å². The number of nitrogens with zero attached hydrogens (tertiary/aromatic N) is 1. The van der Waals surface area contributed by atoms with Crippen LogP contribution in [0.5, 0.6) is 0 Å². The molecule has 2 aromatic rings. The first kappa shape index (κ1) is 19.3. The van der Waals surface area contributed by atoms with Crippen LogP contribution in [0.3, 0.4) is 0 Å². The van der Waals surface area contributed by atoms with Crippen LogP contribution in [0.15, 0.2) is 23.6 Å². The summed E-state index contributed by atoms with van der Waals surface area (Å²) in [6, 6.07) is 3.20. The highest BCUT2D eigenvalue weighted by molar-refractivity contribution is 7.09. The summed E-state index contributed by atoms with van der Waals surface area (Å²) in [5.74, 6) is -2.02. The molecule has 134 valence electrons. The maximum atomic E-state index is 13.6. The lowest BCUT2D eigenvalue weighted by Gasteiger charge is -2.18. The second kappa shape index (κ2) is 8.92. The number of nitrogens with one attached hydrogen (secondary N) is 1. The van der Waals surface area contributed by atoms with Crippen molar-refractivity contribution in [3.05, 3.63) is 50.7 Å². The van der Waals surface area contributed by atoms with Crippen LogP contribution in [-0.2, 0) is 16.0 Å². The maximum absolute atomic E-state index is 13.6. The summed E-state index contributed by atoms with van der Waals surface area (Å²) < 4.78 is 13.6. The number of carboxylic acids is 1. The minimum absolute atomic E-state index is 0.0530. The fourth-order valence-corrected chi connectivity index (χ4v) is 3.14. The Labute approximate surface area is 153 Å². The van der Waals surface area contributed by atoms with Crippen molar-refractivity contribution < 1.29 is 19.1 Å². The van der Waals surface area contributed by atoms with Gasteiger partial charge in [0.05, 0.1) is 28.2 Å². The predicted molar refractivity (Wildman–Crippen MR) is 94.3 cm³/mol. The molecule has 1 amide bonds. The third-order valence-corrected chi connectivity index (χ3v) is 4.69. The Morgan fingerprint density at radius 1 is 1.44 bits per heavy atom. The fourth-order valence-electron chi connectivity index (χ4n) is 2.38. The minimum Gasteiger partial charge on any atom is -0.481 e. The van der Waals surface area contributed by atoms with Crippen LogP contribution in [0.4, 0.5) is 4.39 Å². The van der Waals surface area contributed by atoms with Crippen molar-refractivity contribution in [3.63, 3.8) is 0 Å². The van der Waals surface area contributed by atoms with Crippen molar-refractivity contribution >= 4 is 34.8 Å². The van der Waals surface area contributed by atoms with Crippen LogP contribution in [0.25, 0.3) is 0 Å². The number of carbonyl (C=O) groups excluding carboxylic acids is 1. The minimum atomic E-state index is -1.08. The van der Waals surface area contributed by atoms with E-state index in [0.29, 0.717) is 18.4 Å². The van der Waals surface area contributed by atoms with Crippen LogP contribution in [0, 0.1) is 12.7 Å². The molecule has 1 atom stereocenters. The quantitative estimate of drug-likeness (QED) is 0.723. The number of hydrogen-bond donors (Lipinski definition) is 2. The largest absolute Gasteiger partial charge is 0.481 e. The summed E-state index contributed by atoms with van der Waals surface area (Å²) >= 11 is 7.20. The van der Waals surface area contributed by atoms with Crippen LogP contribution in [0.2, 0.25) is 5.02 Å². The Balaban J connectivity index is 1.94. The van der Waals surface area contributed by atoms with Crippen molar-refractivity contribution in [2.24, 2.45) is 0 Å². The van der Waals surface area contributed by atoms with Gasteiger partial charge in [0.15, 0.2) is 0 Å². The van der Waals surface area contributed by atoms with E-state index in [1.807, 2.05) is 12.3 Å². The Morgan fingerprint density at radius 2 is 2.20 bits per heavy atom. The molecule has 8 heteroatoms. The highest BCUT2D eigenvalue weighted by Crippen LogP contribution is 2.23. The Hall–Kier alpha value is -1.99. The van der Waals surface area contributed by atoms with Gasteiger partial charge in [-0.05, 0) is 37.5 Å². The summed E-state index contributed by atoms with van der Waals surface area (Å²) in [6.45, 7) is 1.92. The summed E-state index contributed by atoms with van der Waals surface area (Å²) in [5, 5.41) is 14.6. The molecule has 25 heavy (non-hydrogen) atoms. The summed E-state index contributed by atoms with van der Waals surface area (Å²) in [7, 11) is 0. The molecule has 0 aliphatic heterocycles. The molecule has 0 spiro atoms. The van der Waals surface area contributed by atoms with Crippen molar-refractivity contribution in [1.82, 2.24) is 10.3 Å². The van der Waals surface area contributed by atoms with Gasteiger partial charge in [0, 0.05) is 11.8 Å². The number of carboxylic acid groups (broad SMARTS) is 1. The van der Waals surface area contributed by atoms with Gasteiger partial charge in [0.1, 0.15) is 5.82 Å². The number of benzene rings is 1. The van der Waals surface area contributed by atoms with Gasteiger partial charge in [-0.1, -0.05) is 17.7 Å². The van der Waals surface area contributed by atoms with Crippen LogP contribution in [-0.4, -0.2) is 22.0 Å². The summed E-state index contributed by atoms with van der Waals surface area (Å²) in [5.41, 5.74) is 1.31. The maximum Gasteiger partial charge on any atom is 0.305 e. The van der Waals surface area contributed by atoms with E-state index >= 15 is 0 Å². The number of carbonyl (C=O) groups is 2. The highest BCUT2D eigenvalue weighted by Gasteiger charge is 2.19. The molecule has 0 bridgehead atoms. The third-order valence-electron chi connectivity index (χ3n) is 3.56. The van der Waals surface area contributed by atoms with Gasteiger partial charge in [-0.15, -0.1) is 11.3 Å². The second-order valence-electron chi connectivity index (χ2n) is 5.60. The Kier molecular flexibility index (Phi) is 6.90. The lowest BCUT2D eigenvalue weighted by molar-refractivity contribution is -0.137. The average molecular weight is 385 g/mol. The lowest BCUT2D eigenvalue weighted by atomic mass is 10.0. The normalized spacial score (nSPS) is 12.0. The summed E-state index contributed by atoms with van der Waals surface area (Å²) in [4.78, 5) is 27.5. The van der Waals surface area contributed by atoms with Gasteiger partial charge >= 0.3 is 5.97 Å². The number of aromatic nitrogens is 1. The van der Waals surface area contributed by atoms with Crippen LogP contribution < -0.4 is 5.32 Å². The number of aliphatic carboxylic acids is 1. The van der Waals surface area contributed by atoms with Gasteiger partial charge in [0.25, 0.3) is 0 Å². The molecule has 2 rings (SSSR count). The van der Waals surface area contributed by atoms with Gasteiger partial charge in [-0.3, -0.25) is 9.59 Å². The van der Waals surface area contributed by atoms with E-state index in [2.05, 4.69) is 10.3 Å². The average Bonchev–Trinajstić information content (AvgIpc) is 2.94. The van der Waals surface area contributed by atoms with Gasteiger partial charge < -0.3 is 10.4 Å². The molecule has 0 saturated carbocycles. The Bertz CT molecular complexity index is 766. The number of rotatable bonds is 8. The second-order valence-corrected chi connectivity index (χ2v) is 7.07. The number of thiazole rings is 1. The number of amides is 1. The molecule has 5 nitrogen and oxygen atoms in total. The standard InChI is InChI=1S/C17H18ClFN2O3S/c1-10-20-12(9-25-10)3-2-4-16(22)21-15(8-17(23)24)11-5-6-13(18)14(19)7-11/h5-7,9,15H,2-4,8H2,1H3,(H,21,22)(H,23,24). The van der Waals surface area contributed by atoms with E-state index in [1.165, 1.54) is 12.1 Å². The summed E-state index contributed by atoms with van der Waals surface area (Å²) in [6.07, 6.45) is 1.18. The molecule has 1 aromatic carbocycles. The highest BCUT2D eigenvalue weighted by atomic mass is 35.5. The number of aryl methyl sites for hydroxylation is 2. The van der Waals surface area contributed by atoms with E-state index < -0.39 is 17.8 Å². The van der Waals surface area contributed by atoms with Gasteiger partial charge in [0.2, 0.25) is 5.91 Å². The van der Waals surface area contributed by atoms with Crippen molar-refractivity contribution in [1.29, 1.82) is 0 Å². The molecule has 0 fully saturated rings. The SMILES string of the molecule is Cc1nc(CCCC(=O)NC(CC(=O)O)c2ccc(Cl)c(F)c2)cs1. The first-order valence-electron chi connectivity index (χ1n) is 7.72. The third kappa shape index (κ3) is 6.10. The first-order chi connectivity index (χ1) is 11.8. The van der Waals surface area contributed by atoms with E-state index in [-0.39, 0.29) is 23.8 Å². The molecule has 0 saturated heterocycles. The van der Waals surface area contributed by atoms with E-state index in [4.69, 9.17) is 16.7 Å². The zero-order valence-electron chi connectivity index (χ0n) is 13.6. The topological polar surface area (TPSA) is 79.3 Å². The number of halogens is 2. The van der Waals surface area contributed by atoms with E-state index in [1.54, 1.807) is 11.3 Å². The smallest absolute Gasteiger partial charge is 0.305 e. The van der Waals surface area contributed by atoms with E-state index in [0.717, 1.165) is 16.8 Å². The van der Waals surface area contributed by atoms with Crippen molar-refractivity contribution in [2.75, 3.05) is 0 Å². The Morgan fingerprint density at radius 3 is 2.80 bits per heavy atom. The molecule has 1 unspecified atom stereocenters. The van der Waals surface area contributed by atoms with Gasteiger partial charge in [-0.25, -0.2) is 9.37 Å². The zero-order valence-corrected chi connectivity index (χ0v) is 15.2. The zero-order chi connectivity index (χ0) is 18.4. The lowest BCUT2D eigenvalue weighted by Crippen LogP contribution is -2.30. The monoisotopic (exact) mass is 384 g/mol. The van der Waals surface area contributed by atoms with Crippen LogP contribution >= 0.6 is 22.9 Å². The van der Waals surface area contributed by atoms with Crippen LogP contribution in [0.1, 0.15) is 41.6 Å². The molecule has 0 aliphatic rings. The van der Waals surface area contributed by atoms with Gasteiger partial charge in [-0.2, -0.15) is 0 Å². The van der Waals surface area contributed by atoms with E-state index in [9.17, 15) is 14.0 Å². The number of hydrogen-bond acceptors (Lipinski definition) is 4. The fraction of sp³-hybridized carbons (Fsp3) is 0.353. The molecule has 0 radical (unpaired) electrons. The molecular weight excluding hydrogens is 367 g/mol. The molecular formula is C17H18ClFN2O3S. The predicted octanol–water partition coefficient (Wildman–Crippen LogP) is 3.90. The molecule has 2 N–H and O–H groups in total.